The minimum Gasteiger partial charge on any atom is -0.364 e. The van der Waals surface area contributed by atoms with Crippen LogP contribution in [-0.4, -0.2) is 9.55 Å². The summed E-state index contributed by atoms with van der Waals surface area (Å²) >= 11 is 6.00. The van der Waals surface area contributed by atoms with Crippen molar-refractivity contribution in [2.45, 2.75) is 33.9 Å². The zero-order valence-electron chi connectivity index (χ0n) is 16.9. The Labute approximate surface area is 183 Å². The van der Waals surface area contributed by atoms with Crippen LogP contribution >= 0.6 is 24.0 Å². The van der Waals surface area contributed by atoms with Gasteiger partial charge in [-0.05, 0) is 55.7 Å². The fraction of sp³-hybridized carbons (Fsp3) is 0.208. The van der Waals surface area contributed by atoms with Gasteiger partial charge >= 0.3 is 0 Å². The van der Waals surface area contributed by atoms with Crippen LogP contribution in [0.4, 0.5) is 5.82 Å². The van der Waals surface area contributed by atoms with Gasteiger partial charge in [0, 0.05) is 35.4 Å². The highest BCUT2D eigenvalue weighted by atomic mass is 35.5. The summed E-state index contributed by atoms with van der Waals surface area (Å²) in [5.74, 6) is 0.913. The first-order valence-corrected chi connectivity index (χ1v) is 9.89. The van der Waals surface area contributed by atoms with Gasteiger partial charge in [-0.1, -0.05) is 53.6 Å². The van der Waals surface area contributed by atoms with E-state index in [2.05, 4.69) is 66.0 Å². The van der Waals surface area contributed by atoms with E-state index in [9.17, 15) is 0 Å². The molecule has 0 aliphatic carbocycles. The van der Waals surface area contributed by atoms with Crippen LogP contribution in [0.2, 0.25) is 5.02 Å². The van der Waals surface area contributed by atoms with Gasteiger partial charge in [-0.15, -0.1) is 12.4 Å². The van der Waals surface area contributed by atoms with Crippen molar-refractivity contribution in [1.29, 1.82) is 0 Å². The van der Waals surface area contributed by atoms with Gasteiger partial charge in [0.25, 0.3) is 0 Å². The molecule has 0 atom stereocenters. The molecule has 2 heterocycles. The van der Waals surface area contributed by atoms with Crippen LogP contribution in [0, 0.1) is 20.8 Å². The first-order valence-electron chi connectivity index (χ1n) is 9.51. The molecule has 4 rings (SSSR count). The number of fused-ring (bicyclic) bond motifs is 1. The normalized spacial score (nSPS) is 10.8. The Balaban J connectivity index is 0.00000240. The van der Waals surface area contributed by atoms with Crippen LogP contribution in [0.5, 0.6) is 0 Å². The largest absolute Gasteiger partial charge is 0.364 e. The van der Waals surface area contributed by atoms with Gasteiger partial charge in [-0.3, -0.25) is 0 Å². The molecule has 0 radical (unpaired) electrons. The fourth-order valence-electron chi connectivity index (χ4n) is 3.59. The Bertz CT molecular complexity index is 1110. The molecule has 0 spiro atoms. The van der Waals surface area contributed by atoms with Gasteiger partial charge in [0.2, 0.25) is 0 Å². The number of hydrogen-bond donors (Lipinski definition) is 1. The Morgan fingerprint density at radius 3 is 2.24 bits per heavy atom. The van der Waals surface area contributed by atoms with E-state index in [-0.39, 0.29) is 12.4 Å². The van der Waals surface area contributed by atoms with Gasteiger partial charge in [-0.2, -0.15) is 0 Å². The molecule has 5 heteroatoms. The summed E-state index contributed by atoms with van der Waals surface area (Å²) in [6.45, 7) is 8.03. The smallest absolute Gasteiger partial charge is 0.150 e. The maximum Gasteiger partial charge on any atom is 0.150 e. The molecule has 150 valence electrons. The van der Waals surface area contributed by atoms with Crippen LogP contribution in [0.1, 0.15) is 27.9 Å². The second-order valence-corrected chi connectivity index (χ2v) is 7.75. The van der Waals surface area contributed by atoms with Crippen molar-refractivity contribution in [3.8, 4) is 0 Å². The van der Waals surface area contributed by atoms with Crippen molar-refractivity contribution >= 4 is 40.7 Å². The number of rotatable bonds is 5. The van der Waals surface area contributed by atoms with Crippen molar-refractivity contribution < 1.29 is 0 Å². The van der Waals surface area contributed by atoms with Gasteiger partial charge in [-0.25, -0.2) is 4.98 Å². The van der Waals surface area contributed by atoms with Crippen LogP contribution in [0.15, 0.2) is 60.8 Å². The zero-order chi connectivity index (χ0) is 19.7. The number of aryl methyl sites for hydroxylation is 2. The predicted molar refractivity (Wildman–Crippen MR) is 126 cm³/mol. The lowest BCUT2D eigenvalue weighted by molar-refractivity contribution is 0.799. The van der Waals surface area contributed by atoms with Crippen LogP contribution < -0.4 is 5.32 Å². The molecule has 0 aliphatic heterocycles. The summed E-state index contributed by atoms with van der Waals surface area (Å²) in [5.41, 5.74) is 7.48. The molecule has 3 nitrogen and oxygen atoms in total. The third kappa shape index (κ3) is 4.42. The van der Waals surface area contributed by atoms with Crippen molar-refractivity contribution in [1.82, 2.24) is 9.55 Å². The highest BCUT2D eigenvalue weighted by Crippen LogP contribution is 2.30. The molecule has 1 N–H and O–H groups in total. The van der Waals surface area contributed by atoms with Crippen molar-refractivity contribution in [3.63, 3.8) is 0 Å². The second-order valence-electron chi connectivity index (χ2n) is 7.32. The summed E-state index contributed by atoms with van der Waals surface area (Å²) in [6, 6.07) is 18.8. The van der Waals surface area contributed by atoms with E-state index in [0.717, 1.165) is 22.9 Å². The first-order chi connectivity index (χ1) is 13.5. The summed E-state index contributed by atoms with van der Waals surface area (Å²) in [6.07, 6.45) is 1.88. The maximum absolute atomic E-state index is 6.00. The maximum atomic E-state index is 6.00. The summed E-state index contributed by atoms with van der Waals surface area (Å²) in [4.78, 5) is 4.65. The molecule has 2 aromatic heterocycles. The number of hydrogen-bond acceptors (Lipinski definition) is 2. The predicted octanol–water partition coefficient (Wildman–Crippen LogP) is 6.70. The molecular formula is C24H25Cl2N3. The highest BCUT2D eigenvalue weighted by Gasteiger charge is 2.15. The average molecular weight is 426 g/mol. The van der Waals surface area contributed by atoms with E-state index in [1.165, 1.54) is 33.3 Å². The minimum atomic E-state index is 0. The summed E-state index contributed by atoms with van der Waals surface area (Å²) in [7, 11) is 0. The lowest BCUT2D eigenvalue weighted by Crippen LogP contribution is -2.07. The molecule has 0 aliphatic rings. The van der Waals surface area contributed by atoms with Gasteiger partial charge in [0.1, 0.15) is 0 Å². The number of anilines is 1. The van der Waals surface area contributed by atoms with Crippen molar-refractivity contribution in [2.75, 3.05) is 5.32 Å². The van der Waals surface area contributed by atoms with Gasteiger partial charge in [0.05, 0.1) is 5.52 Å². The number of benzene rings is 2. The van der Waals surface area contributed by atoms with E-state index in [0.29, 0.717) is 6.54 Å². The molecule has 0 saturated carbocycles. The van der Waals surface area contributed by atoms with Crippen LogP contribution in [-0.2, 0) is 13.1 Å². The fourth-order valence-corrected chi connectivity index (χ4v) is 3.71. The third-order valence-corrected chi connectivity index (χ3v) is 5.63. The van der Waals surface area contributed by atoms with Crippen LogP contribution in [0.25, 0.3) is 10.9 Å². The molecule has 4 aromatic rings. The van der Waals surface area contributed by atoms with E-state index in [1.807, 2.05) is 30.5 Å². The van der Waals surface area contributed by atoms with Crippen molar-refractivity contribution in [3.05, 3.63) is 93.8 Å². The van der Waals surface area contributed by atoms with E-state index >= 15 is 0 Å². The van der Waals surface area contributed by atoms with Gasteiger partial charge in [0.15, 0.2) is 5.82 Å². The summed E-state index contributed by atoms with van der Waals surface area (Å²) in [5, 5.41) is 5.52. The molecule has 0 unspecified atom stereocenters. The second kappa shape index (κ2) is 8.89. The first kappa shape index (κ1) is 21.2. The summed E-state index contributed by atoms with van der Waals surface area (Å²) < 4.78 is 2.37. The minimum absolute atomic E-state index is 0. The number of aromatic nitrogens is 2. The molecule has 0 fully saturated rings. The van der Waals surface area contributed by atoms with Gasteiger partial charge < -0.3 is 9.88 Å². The lowest BCUT2D eigenvalue weighted by atomic mass is 10.1. The van der Waals surface area contributed by atoms with Crippen LogP contribution in [0.3, 0.4) is 0 Å². The average Bonchev–Trinajstić information content (AvgIpc) is 2.95. The monoisotopic (exact) mass is 425 g/mol. The molecule has 2 aromatic carbocycles. The topological polar surface area (TPSA) is 29.9 Å². The Morgan fingerprint density at radius 1 is 0.897 bits per heavy atom. The molecule has 29 heavy (non-hydrogen) atoms. The molecule has 0 saturated heterocycles. The lowest BCUT2D eigenvalue weighted by Gasteiger charge is -2.13. The van der Waals surface area contributed by atoms with E-state index in [4.69, 9.17) is 11.6 Å². The Morgan fingerprint density at radius 2 is 1.55 bits per heavy atom. The van der Waals surface area contributed by atoms with E-state index in [1.54, 1.807) is 0 Å². The Kier molecular flexibility index (Phi) is 6.51. The number of halogens is 2. The standard InChI is InChI=1S/C24H24ClN3.ClH/c1-16-4-6-20(7-5-16)15-28-18(3)17(2)22-12-13-26-24(23(22)28)27-14-19-8-10-21(25)11-9-19;/h4-13H,14-15H2,1-3H3,(H,26,27);1H. The Hall–Kier alpha value is -2.49. The molecule has 0 amide bonds. The number of nitrogens with one attached hydrogen (secondary N) is 1. The molecular weight excluding hydrogens is 401 g/mol. The third-order valence-electron chi connectivity index (χ3n) is 5.38. The quantitative estimate of drug-likeness (QED) is 0.385. The van der Waals surface area contributed by atoms with Crippen molar-refractivity contribution in [2.24, 2.45) is 0 Å². The number of pyridine rings is 1. The van der Waals surface area contributed by atoms with E-state index < -0.39 is 0 Å². The SMILES string of the molecule is Cc1ccc(Cn2c(C)c(C)c3ccnc(NCc4ccc(Cl)cc4)c32)cc1.Cl. The zero-order valence-corrected chi connectivity index (χ0v) is 18.4. The highest BCUT2D eigenvalue weighted by molar-refractivity contribution is 6.30. The molecule has 0 bridgehead atoms. The number of nitrogens with zero attached hydrogens (tertiary/aromatic N) is 2.